The number of H-pyrrole nitrogens is 1. The molecule has 3 aliphatic heterocycles. The first-order valence-corrected chi connectivity index (χ1v) is 13.3. The van der Waals surface area contributed by atoms with Gasteiger partial charge in [-0.3, -0.25) is 14.8 Å². The van der Waals surface area contributed by atoms with Gasteiger partial charge in [-0.1, -0.05) is 6.07 Å². The molecule has 0 saturated carbocycles. The molecule has 6 rings (SSSR count). The lowest BCUT2D eigenvalue weighted by Gasteiger charge is -2.43. The van der Waals surface area contributed by atoms with Crippen molar-refractivity contribution in [2.75, 3.05) is 32.8 Å². The molecule has 35 heavy (non-hydrogen) atoms. The Morgan fingerprint density at radius 1 is 1.14 bits per heavy atom. The van der Waals surface area contributed by atoms with Crippen LogP contribution in [0.5, 0.6) is 5.75 Å². The zero-order chi connectivity index (χ0) is 23.9. The van der Waals surface area contributed by atoms with Gasteiger partial charge in [0, 0.05) is 60.8 Å². The Morgan fingerprint density at radius 3 is 2.69 bits per heavy atom. The molecule has 2 aromatic heterocycles. The summed E-state index contributed by atoms with van der Waals surface area (Å²) in [5, 5.41) is 7.49. The van der Waals surface area contributed by atoms with Gasteiger partial charge in [-0.15, -0.1) is 11.3 Å². The van der Waals surface area contributed by atoms with Crippen LogP contribution in [0.15, 0.2) is 30.6 Å². The largest absolute Gasteiger partial charge is 0.492 e. The average molecular weight is 494 g/mol. The number of nitrogens with zero attached hydrogens (tertiary/aromatic N) is 4. The zero-order valence-corrected chi connectivity index (χ0v) is 21.0. The molecule has 3 aromatic rings. The molecular weight excluding hydrogens is 462 g/mol. The SMILES string of the molecule is C[C@@H]1CN(C2CCN(C(=O)c3nc4c(s3)CCOc3cc(-c5cn[nH]c5)ccc3-4)CC2)C[C@@H](C)O1. The van der Waals surface area contributed by atoms with E-state index in [0.29, 0.717) is 17.7 Å². The molecule has 9 heteroatoms. The molecule has 2 atom stereocenters. The minimum Gasteiger partial charge on any atom is -0.492 e. The number of likely N-dealkylation sites (tertiary alicyclic amines) is 1. The van der Waals surface area contributed by atoms with E-state index < -0.39 is 0 Å². The van der Waals surface area contributed by atoms with E-state index in [0.717, 1.165) is 78.5 Å². The van der Waals surface area contributed by atoms with Crippen molar-refractivity contribution in [2.24, 2.45) is 0 Å². The van der Waals surface area contributed by atoms with Gasteiger partial charge < -0.3 is 14.4 Å². The molecule has 184 valence electrons. The van der Waals surface area contributed by atoms with Gasteiger partial charge in [-0.25, -0.2) is 4.98 Å². The number of benzene rings is 1. The van der Waals surface area contributed by atoms with Crippen molar-refractivity contribution in [1.29, 1.82) is 0 Å². The number of hydrogen-bond donors (Lipinski definition) is 1. The van der Waals surface area contributed by atoms with E-state index in [1.54, 1.807) is 6.20 Å². The van der Waals surface area contributed by atoms with Crippen molar-refractivity contribution in [3.05, 3.63) is 40.5 Å². The lowest BCUT2D eigenvalue weighted by Crippen LogP contribution is -2.53. The van der Waals surface area contributed by atoms with Crippen molar-refractivity contribution >= 4 is 17.2 Å². The van der Waals surface area contributed by atoms with Gasteiger partial charge in [0.25, 0.3) is 5.91 Å². The Kier molecular flexibility index (Phi) is 6.07. The van der Waals surface area contributed by atoms with Crippen LogP contribution >= 0.6 is 11.3 Å². The fourth-order valence-corrected chi connectivity index (χ4v) is 6.61. The highest BCUT2D eigenvalue weighted by Gasteiger charge is 2.33. The molecule has 2 fully saturated rings. The van der Waals surface area contributed by atoms with E-state index in [1.165, 1.54) is 11.3 Å². The highest BCUT2D eigenvalue weighted by molar-refractivity contribution is 7.14. The van der Waals surface area contributed by atoms with Crippen molar-refractivity contribution in [2.45, 2.75) is 51.4 Å². The smallest absolute Gasteiger partial charge is 0.282 e. The summed E-state index contributed by atoms with van der Waals surface area (Å²) < 4.78 is 12.0. The first-order chi connectivity index (χ1) is 17.0. The number of piperidine rings is 1. The van der Waals surface area contributed by atoms with Crippen LogP contribution in [-0.2, 0) is 11.2 Å². The van der Waals surface area contributed by atoms with Crippen LogP contribution in [0.25, 0.3) is 22.4 Å². The minimum atomic E-state index is 0.0581. The number of carbonyl (C=O) groups excluding carboxylic acids is 1. The van der Waals surface area contributed by atoms with Gasteiger partial charge >= 0.3 is 0 Å². The van der Waals surface area contributed by atoms with Crippen LogP contribution in [-0.4, -0.2) is 81.9 Å². The molecule has 2 saturated heterocycles. The number of morpholine rings is 1. The second kappa shape index (κ2) is 9.37. The molecule has 0 aliphatic carbocycles. The van der Waals surface area contributed by atoms with Crippen molar-refractivity contribution in [3.63, 3.8) is 0 Å². The maximum atomic E-state index is 13.4. The number of thiazole rings is 1. The topological polar surface area (TPSA) is 83.6 Å². The molecular formula is C26H31N5O3S. The van der Waals surface area contributed by atoms with Gasteiger partial charge in [-0.05, 0) is 44.4 Å². The summed E-state index contributed by atoms with van der Waals surface area (Å²) >= 11 is 1.52. The van der Waals surface area contributed by atoms with E-state index in [2.05, 4.69) is 35.0 Å². The summed E-state index contributed by atoms with van der Waals surface area (Å²) in [6, 6.07) is 6.66. The molecule has 0 unspecified atom stereocenters. The number of amides is 1. The lowest BCUT2D eigenvalue weighted by atomic mass is 10.0. The third-order valence-electron chi connectivity index (χ3n) is 7.25. The highest BCUT2D eigenvalue weighted by atomic mass is 32.1. The molecule has 3 aliphatic rings. The van der Waals surface area contributed by atoms with Gasteiger partial charge in [0.2, 0.25) is 0 Å². The monoisotopic (exact) mass is 493 g/mol. The third kappa shape index (κ3) is 4.48. The van der Waals surface area contributed by atoms with Gasteiger partial charge in [0.05, 0.1) is 30.7 Å². The number of ether oxygens (including phenoxy) is 2. The number of hydrogen-bond acceptors (Lipinski definition) is 7. The average Bonchev–Trinajstić information content (AvgIpc) is 3.51. The summed E-state index contributed by atoms with van der Waals surface area (Å²) in [6.45, 7) is 8.39. The number of aromatic nitrogens is 3. The summed E-state index contributed by atoms with van der Waals surface area (Å²) in [6.07, 6.45) is 6.97. The molecule has 1 aromatic carbocycles. The first kappa shape index (κ1) is 22.7. The minimum absolute atomic E-state index is 0.0581. The number of aromatic amines is 1. The Hall–Kier alpha value is -2.75. The van der Waals surface area contributed by atoms with E-state index in [-0.39, 0.29) is 18.1 Å². The zero-order valence-electron chi connectivity index (χ0n) is 20.2. The van der Waals surface area contributed by atoms with E-state index in [1.807, 2.05) is 23.2 Å². The van der Waals surface area contributed by atoms with Crippen LogP contribution in [0.1, 0.15) is 41.4 Å². The molecule has 1 amide bonds. The first-order valence-electron chi connectivity index (χ1n) is 12.5. The van der Waals surface area contributed by atoms with Gasteiger partial charge in [0.1, 0.15) is 5.75 Å². The van der Waals surface area contributed by atoms with Gasteiger partial charge in [0.15, 0.2) is 5.01 Å². The highest BCUT2D eigenvalue weighted by Crippen LogP contribution is 2.40. The Bertz CT molecular complexity index is 1190. The number of rotatable bonds is 3. The molecule has 8 nitrogen and oxygen atoms in total. The van der Waals surface area contributed by atoms with Crippen LogP contribution in [0.4, 0.5) is 0 Å². The third-order valence-corrected chi connectivity index (χ3v) is 8.35. The molecule has 0 bridgehead atoms. The van der Waals surface area contributed by atoms with E-state index in [4.69, 9.17) is 14.5 Å². The molecule has 0 radical (unpaired) electrons. The Labute approximate surface area is 209 Å². The van der Waals surface area contributed by atoms with Crippen LogP contribution in [0, 0.1) is 0 Å². The summed E-state index contributed by atoms with van der Waals surface area (Å²) in [4.78, 5) is 23.9. The van der Waals surface area contributed by atoms with Crippen molar-refractivity contribution in [1.82, 2.24) is 25.0 Å². The van der Waals surface area contributed by atoms with Crippen LogP contribution in [0.3, 0.4) is 0 Å². The fourth-order valence-electron chi connectivity index (χ4n) is 5.59. The fraction of sp³-hybridized carbons (Fsp3) is 0.500. The van der Waals surface area contributed by atoms with E-state index in [9.17, 15) is 4.79 Å². The molecule has 5 heterocycles. The predicted molar refractivity (Wildman–Crippen MR) is 135 cm³/mol. The normalized spacial score (nSPS) is 23.3. The maximum absolute atomic E-state index is 13.4. The maximum Gasteiger partial charge on any atom is 0.282 e. The van der Waals surface area contributed by atoms with Gasteiger partial charge in [-0.2, -0.15) is 5.10 Å². The quantitative estimate of drug-likeness (QED) is 0.597. The lowest BCUT2D eigenvalue weighted by molar-refractivity contribution is -0.0856. The second-order valence-corrected chi connectivity index (χ2v) is 10.9. The molecule has 1 N–H and O–H groups in total. The van der Waals surface area contributed by atoms with Crippen molar-refractivity contribution < 1.29 is 14.3 Å². The molecule has 0 spiro atoms. The summed E-state index contributed by atoms with van der Waals surface area (Å²) in [5.74, 6) is 0.865. The predicted octanol–water partition coefficient (Wildman–Crippen LogP) is 3.85. The number of fused-ring (bicyclic) bond motifs is 3. The second-order valence-electron chi connectivity index (χ2n) is 9.82. The summed E-state index contributed by atoms with van der Waals surface area (Å²) in [7, 11) is 0. The Morgan fingerprint density at radius 2 is 1.94 bits per heavy atom. The van der Waals surface area contributed by atoms with Crippen molar-refractivity contribution in [3.8, 4) is 28.1 Å². The standard InChI is InChI=1S/C26H31N5O3S/c1-16-14-31(15-17(2)34-16)20-5-8-30(9-6-20)26(32)25-29-24-21-4-3-18(19-12-27-28-13-19)11-22(21)33-10-7-23(24)35-25/h3-4,11-13,16-17,20H,5-10,14-15H2,1-2H3,(H,27,28)/t16-,17-/m1/s1. The van der Waals surface area contributed by atoms with E-state index >= 15 is 0 Å². The van der Waals surface area contributed by atoms with Crippen LogP contribution < -0.4 is 4.74 Å². The Balaban J connectivity index is 1.17. The number of carbonyl (C=O) groups is 1. The summed E-state index contributed by atoms with van der Waals surface area (Å²) in [5.41, 5.74) is 3.89. The number of nitrogens with one attached hydrogen (secondary N) is 1. The van der Waals surface area contributed by atoms with Crippen LogP contribution in [0.2, 0.25) is 0 Å².